The van der Waals surface area contributed by atoms with E-state index in [4.69, 9.17) is 9.84 Å². The fourth-order valence-electron chi connectivity index (χ4n) is 3.15. The van der Waals surface area contributed by atoms with Crippen LogP contribution in [0.2, 0.25) is 0 Å². The lowest BCUT2D eigenvalue weighted by Gasteiger charge is -2.15. The van der Waals surface area contributed by atoms with Gasteiger partial charge in [-0.1, -0.05) is 79.4 Å². The molecule has 0 saturated heterocycles. The Hall–Kier alpha value is -3.85. The predicted molar refractivity (Wildman–Crippen MR) is 119 cm³/mol. The van der Waals surface area contributed by atoms with E-state index < -0.39 is 5.97 Å². The number of benzene rings is 3. The standard InChI is InChI=1S/C26H22O3/c1-3-24(20-7-5-4-6-8-20)26(22-14-16-23(29-2)17-15-22)21-12-9-19(10-13-21)11-18-25(27)28/h3-18H,1H2,2H3,(H,27,28). The molecule has 0 saturated carbocycles. The van der Waals surface area contributed by atoms with Gasteiger partial charge in [0.15, 0.2) is 0 Å². The zero-order chi connectivity index (χ0) is 20.6. The first-order valence-electron chi connectivity index (χ1n) is 9.20. The molecule has 1 N–H and O–H groups in total. The molecule has 3 aromatic carbocycles. The van der Waals surface area contributed by atoms with Gasteiger partial charge in [-0.3, -0.25) is 0 Å². The molecule has 0 amide bonds. The van der Waals surface area contributed by atoms with Gasteiger partial charge in [0.25, 0.3) is 0 Å². The number of carboxylic acid groups (broad SMARTS) is 1. The maximum atomic E-state index is 10.8. The normalized spacial score (nSPS) is 11.8. The van der Waals surface area contributed by atoms with Crippen LogP contribution in [0.3, 0.4) is 0 Å². The van der Waals surface area contributed by atoms with E-state index in [2.05, 4.69) is 18.7 Å². The number of methoxy groups -OCH3 is 1. The molecule has 0 aliphatic carbocycles. The Labute approximate surface area is 170 Å². The van der Waals surface area contributed by atoms with Crippen molar-refractivity contribution in [2.24, 2.45) is 0 Å². The van der Waals surface area contributed by atoms with Crippen molar-refractivity contribution in [2.75, 3.05) is 7.11 Å². The van der Waals surface area contributed by atoms with Crippen LogP contribution in [0.4, 0.5) is 0 Å². The molecule has 3 nitrogen and oxygen atoms in total. The van der Waals surface area contributed by atoms with Crippen molar-refractivity contribution in [1.82, 2.24) is 0 Å². The Morgan fingerprint density at radius 3 is 1.97 bits per heavy atom. The molecule has 3 aromatic rings. The van der Waals surface area contributed by atoms with E-state index in [9.17, 15) is 4.79 Å². The number of hydrogen-bond acceptors (Lipinski definition) is 2. The molecule has 0 bridgehead atoms. The summed E-state index contributed by atoms with van der Waals surface area (Å²) in [6.07, 6.45) is 4.58. The second-order valence-corrected chi connectivity index (χ2v) is 6.38. The van der Waals surface area contributed by atoms with E-state index in [1.54, 1.807) is 13.2 Å². The highest BCUT2D eigenvalue weighted by Crippen LogP contribution is 2.34. The van der Waals surface area contributed by atoms with Crippen molar-refractivity contribution in [3.63, 3.8) is 0 Å². The van der Waals surface area contributed by atoms with Crippen molar-refractivity contribution < 1.29 is 14.6 Å². The topological polar surface area (TPSA) is 46.5 Å². The van der Waals surface area contributed by atoms with Gasteiger partial charge in [-0.2, -0.15) is 0 Å². The molecule has 0 radical (unpaired) electrons. The predicted octanol–water partition coefficient (Wildman–Crippen LogP) is 5.94. The van der Waals surface area contributed by atoms with Crippen molar-refractivity contribution in [1.29, 1.82) is 0 Å². The lowest BCUT2D eigenvalue weighted by Crippen LogP contribution is -1.94. The highest BCUT2D eigenvalue weighted by atomic mass is 16.5. The van der Waals surface area contributed by atoms with Crippen LogP contribution < -0.4 is 4.74 Å². The van der Waals surface area contributed by atoms with Crippen LogP contribution in [0.1, 0.15) is 22.3 Å². The average Bonchev–Trinajstić information content (AvgIpc) is 2.77. The second kappa shape index (κ2) is 9.38. The molecule has 29 heavy (non-hydrogen) atoms. The molecule has 0 spiro atoms. The Morgan fingerprint density at radius 1 is 0.862 bits per heavy atom. The first-order valence-corrected chi connectivity index (χ1v) is 9.20. The van der Waals surface area contributed by atoms with Crippen molar-refractivity contribution >= 4 is 23.2 Å². The summed E-state index contributed by atoms with van der Waals surface area (Å²) >= 11 is 0. The zero-order valence-electron chi connectivity index (χ0n) is 16.2. The summed E-state index contributed by atoms with van der Waals surface area (Å²) in [6.45, 7) is 4.05. The quantitative estimate of drug-likeness (QED) is 0.313. The Bertz CT molecular complexity index is 1040. The summed E-state index contributed by atoms with van der Waals surface area (Å²) in [7, 11) is 1.65. The molecule has 144 valence electrons. The van der Waals surface area contributed by atoms with Crippen LogP contribution >= 0.6 is 0 Å². The summed E-state index contributed by atoms with van der Waals surface area (Å²) in [6, 6.07) is 25.8. The Morgan fingerprint density at radius 2 is 1.45 bits per heavy atom. The minimum atomic E-state index is -0.967. The van der Waals surface area contributed by atoms with Crippen LogP contribution in [0.5, 0.6) is 5.75 Å². The maximum Gasteiger partial charge on any atom is 0.328 e. The Balaban J connectivity index is 2.16. The van der Waals surface area contributed by atoms with Crippen LogP contribution in [0.25, 0.3) is 17.2 Å². The third kappa shape index (κ3) is 4.90. The average molecular weight is 382 g/mol. The molecule has 0 aromatic heterocycles. The van der Waals surface area contributed by atoms with Crippen LogP contribution in [-0.2, 0) is 4.79 Å². The van der Waals surface area contributed by atoms with Gasteiger partial charge >= 0.3 is 5.97 Å². The minimum absolute atomic E-state index is 0.794. The van der Waals surface area contributed by atoms with Gasteiger partial charge in [0.2, 0.25) is 0 Å². The first kappa shape index (κ1) is 19.9. The highest BCUT2D eigenvalue weighted by molar-refractivity contribution is 6.02. The second-order valence-electron chi connectivity index (χ2n) is 6.38. The van der Waals surface area contributed by atoms with Gasteiger partial charge in [0.05, 0.1) is 7.11 Å². The summed E-state index contributed by atoms with van der Waals surface area (Å²) in [5, 5.41) is 8.82. The molecular weight excluding hydrogens is 360 g/mol. The first-order chi connectivity index (χ1) is 14.1. The summed E-state index contributed by atoms with van der Waals surface area (Å²) in [5.41, 5.74) is 6.01. The smallest absolute Gasteiger partial charge is 0.328 e. The molecule has 3 heteroatoms. The number of carbonyl (C=O) groups is 1. The van der Waals surface area contributed by atoms with Crippen molar-refractivity contribution in [2.45, 2.75) is 0 Å². The van der Waals surface area contributed by atoms with E-state index in [-0.39, 0.29) is 0 Å². The van der Waals surface area contributed by atoms with E-state index in [1.807, 2.05) is 72.8 Å². The van der Waals surface area contributed by atoms with Gasteiger partial charge in [0, 0.05) is 6.08 Å². The number of hydrogen-bond donors (Lipinski definition) is 1. The van der Waals surface area contributed by atoms with Gasteiger partial charge in [-0.25, -0.2) is 4.79 Å². The zero-order valence-corrected chi connectivity index (χ0v) is 16.2. The van der Waals surface area contributed by atoms with E-state index >= 15 is 0 Å². The van der Waals surface area contributed by atoms with Crippen molar-refractivity contribution in [3.8, 4) is 5.75 Å². The van der Waals surface area contributed by atoms with Gasteiger partial charge in [-0.05, 0) is 51.6 Å². The molecule has 0 aliphatic heterocycles. The largest absolute Gasteiger partial charge is 0.497 e. The molecule has 0 fully saturated rings. The van der Waals surface area contributed by atoms with Crippen LogP contribution in [0, 0.1) is 0 Å². The van der Waals surface area contributed by atoms with Crippen molar-refractivity contribution in [3.05, 3.63) is 120 Å². The van der Waals surface area contributed by atoms with Gasteiger partial charge in [0.1, 0.15) is 5.75 Å². The summed E-state index contributed by atoms with van der Waals surface area (Å²) in [5.74, 6) is -0.173. The molecule has 0 atom stereocenters. The van der Waals surface area contributed by atoms with Gasteiger partial charge in [-0.15, -0.1) is 0 Å². The molecular formula is C26H22O3. The maximum absolute atomic E-state index is 10.8. The highest BCUT2D eigenvalue weighted by Gasteiger charge is 2.12. The molecule has 0 aliphatic rings. The number of aliphatic carboxylic acids is 1. The van der Waals surface area contributed by atoms with E-state index in [0.717, 1.165) is 45.2 Å². The van der Waals surface area contributed by atoms with Gasteiger partial charge < -0.3 is 9.84 Å². The fraction of sp³-hybridized carbons (Fsp3) is 0.0385. The lowest BCUT2D eigenvalue weighted by atomic mass is 9.89. The van der Waals surface area contributed by atoms with Crippen LogP contribution in [0.15, 0.2) is 97.6 Å². The van der Waals surface area contributed by atoms with E-state index in [1.165, 1.54) is 0 Å². The number of ether oxygens (including phenoxy) is 1. The molecule has 0 heterocycles. The minimum Gasteiger partial charge on any atom is -0.497 e. The van der Waals surface area contributed by atoms with Crippen LogP contribution in [-0.4, -0.2) is 18.2 Å². The third-order valence-corrected chi connectivity index (χ3v) is 4.55. The molecule has 3 rings (SSSR count). The summed E-state index contributed by atoms with van der Waals surface area (Å²) in [4.78, 5) is 10.8. The Kier molecular flexibility index (Phi) is 6.43. The number of allylic oxidation sites excluding steroid dienone is 2. The number of rotatable bonds is 7. The monoisotopic (exact) mass is 382 g/mol. The summed E-state index contributed by atoms with van der Waals surface area (Å²) < 4.78 is 5.30. The molecule has 0 unspecified atom stereocenters. The fourth-order valence-corrected chi connectivity index (χ4v) is 3.15. The number of carboxylic acids is 1. The third-order valence-electron chi connectivity index (χ3n) is 4.55. The SMILES string of the molecule is C=CC(=C(c1ccc(C=CC(=O)O)cc1)c1ccc(OC)cc1)c1ccccc1. The van der Waals surface area contributed by atoms with E-state index in [0.29, 0.717) is 0 Å². The lowest BCUT2D eigenvalue weighted by molar-refractivity contribution is -0.131.